The zero-order valence-corrected chi connectivity index (χ0v) is 13.0. The van der Waals surface area contributed by atoms with E-state index in [2.05, 4.69) is 37.9 Å². The summed E-state index contributed by atoms with van der Waals surface area (Å²) in [6.07, 6.45) is 1.63. The lowest BCUT2D eigenvalue weighted by atomic mass is 9.87. The van der Waals surface area contributed by atoms with Gasteiger partial charge in [-0.2, -0.15) is 10.2 Å². The van der Waals surface area contributed by atoms with E-state index in [0.717, 1.165) is 5.75 Å². The van der Waals surface area contributed by atoms with Crippen LogP contribution in [0.4, 0.5) is 0 Å². The van der Waals surface area contributed by atoms with E-state index in [-0.39, 0.29) is 11.5 Å². The Bertz CT molecular complexity index is 681. The predicted octanol–water partition coefficient (Wildman–Crippen LogP) is 2.89. The van der Waals surface area contributed by atoms with Crippen molar-refractivity contribution in [2.75, 3.05) is 6.61 Å². The van der Waals surface area contributed by atoms with Crippen molar-refractivity contribution in [3.8, 4) is 17.8 Å². The third-order valence-corrected chi connectivity index (χ3v) is 3.68. The van der Waals surface area contributed by atoms with E-state index in [1.54, 1.807) is 6.20 Å². The summed E-state index contributed by atoms with van der Waals surface area (Å²) in [4.78, 5) is 4.08. The summed E-state index contributed by atoms with van der Waals surface area (Å²) in [5.41, 5.74) is 1.80. The molecule has 1 aromatic heterocycles. The van der Waals surface area contributed by atoms with Crippen LogP contribution in [0, 0.1) is 11.3 Å². The van der Waals surface area contributed by atoms with Crippen molar-refractivity contribution in [3.05, 3.63) is 41.7 Å². The van der Waals surface area contributed by atoms with Gasteiger partial charge in [0.2, 0.25) is 0 Å². The number of nitriles is 1. The molecule has 0 aliphatic carbocycles. The molecule has 0 saturated heterocycles. The number of ether oxygens (including phenoxy) is 2. The first-order valence-corrected chi connectivity index (χ1v) is 7.33. The molecule has 0 N–H and O–H groups in total. The normalized spacial score (nSPS) is 16.7. The van der Waals surface area contributed by atoms with E-state index < -0.39 is 0 Å². The third-order valence-electron chi connectivity index (χ3n) is 3.68. The van der Waals surface area contributed by atoms with Crippen molar-refractivity contribution in [2.24, 2.45) is 0 Å². The van der Waals surface area contributed by atoms with Crippen LogP contribution in [-0.4, -0.2) is 22.3 Å². The maximum absolute atomic E-state index is 8.79. The second kappa shape index (κ2) is 5.38. The number of imidazole rings is 1. The van der Waals surface area contributed by atoms with Gasteiger partial charge >= 0.3 is 0 Å². The van der Waals surface area contributed by atoms with Crippen LogP contribution >= 0.6 is 0 Å². The van der Waals surface area contributed by atoms with Crippen LogP contribution in [0.2, 0.25) is 0 Å². The Balaban J connectivity index is 1.56. The van der Waals surface area contributed by atoms with E-state index in [4.69, 9.17) is 14.7 Å². The van der Waals surface area contributed by atoms with Crippen molar-refractivity contribution in [3.63, 3.8) is 0 Å². The van der Waals surface area contributed by atoms with E-state index in [0.29, 0.717) is 24.9 Å². The largest absolute Gasteiger partial charge is 0.490 e. The first-order chi connectivity index (χ1) is 10.5. The predicted molar refractivity (Wildman–Crippen MR) is 82.0 cm³/mol. The molecule has 0 bridgehead atoms. The summed E-state index contributed by atoms with van der Waals surface area (Å²) >= 11 is 0. The fourth-order valence-corrected chi connectivity index (χ4v) is 2.41. The fraction of sp³-hybridized carbons (Fsp3) is 0.412. The number of aromatic nitrogens is 2. The highest BCUT2D eigenvalue weighted by molar-refractivity contribution is 5.31. The minimum Gasteiger partial charge on any atom is -0.490 e. The van der Waals surface area contributed by atoms with Crippen LogP contribution in [-0.2, 0) is 12.0 Å². The van der Waals surface area contributed by atoms with Crippen molar-refractivity contribution in [2.45, 2.75) is 38.8 Å². The quantitative estimate of drug-likeness (QED) is 0.874. The van der Waals surface area contributed by atoms with Crippen LogP contribution in [0.15, 0.2) is 30.5 Å². The standard InChI is InChI=1S/C17H19N3O2/c1-17(2,3)12-4-6-14(7-5-12)21-11-15-10-20-9-13(8-18)19-16(20)22-15/h4-7,9,15H,10-11H2,1-3H3/t15-/m0/s1. The molecule has 3 rings (SSSR count). The van der Waals surface area contributed by atoms with Crippen LogP contribution in [0.25, 0.3) is 0 Å². The molecule has 0 unspecified atom stereocenters. The second-order valence-corrected chi connectivity index (χ2v) is 6.50. The summed E-state index contributed by atoms with van der Waals surface area (Å²) in [7, 11) is 0. The topological polar surface area (TPSA) is 60.1 Å². The van der Waals surface area contributed by atoms with Gasteiger partial charge in [0.25, 0.3) is 6.01 Å². The average molecular weight is 297 g/mol. The van der Waals surface area contributed by atoms with E-state index in [1.807, 2.05) is 22.8 Å². The SMILES string of the molecule is CC(C)(C)c1ccc(OC[C@@H]2Cn3cc(C#N)nc3O2)cc1. The van der Waals surface area contributed by atoms with Gasteiger partial charge in [-0.3, -0.25) is 4.57 Å². The van der Waals surface area contributed by atoms with Gasteiger partial charge in [-0.25, -0.2) is 0 Å². The van der Waals surface area contributed by atoms with Gasteiger partial charge in [0.1, 0.15) is 18.4 Å². The Kier molecular flexibility index (Phi) is 3.53. The maximum atomic E-state index is 8.79. The first kappa shape index (κ1) is 14.5. The molecule has 1 atom stereocenters. The number of hydrogen-bond donors (Lipinski definition) is 0. The lowest BCUT2D eigenvalue weighted by Gasteiger charge is -2.19. The van der Waals surface area contributed by atoms with E-state index >= 15 is 0 Å². The molecule has 114 valence electrons. The highest BCUT2D eigenvalue weighted by Crippen LogP contribution is 2.25. The molecular weight excluding hydrogens is 278 g/mol. The Morgan fingerprint density at radius 2 is 2.09 bits per heavy atom. The molecule has 5 nitrogen and oxygen atoms in total. The van der Waals surface area contributed by atoms with Gasteiger partial charge in [0.05, 0.1) is 6.54 Å². The number of nitrogens with zero attached hydrogens (tertiary/aromatic N) is 3. The van der Waals surface area contributed by atoms with E-state index in [1.165, 1.54) is 5.56 Å². The lowest BCUT2D eigenvalue weighted by Crippen LogP contribution is -2.23. The first-order valence-electron chi connectivity index (χ1n) is 7.33. The molecule has 0 radical (unpaired) electrons. The van der Waals surface area contributed by atoms with Crippen molar-refractivity contribution in [1.29, 1.82) is 5.26 Å². The maximum Gasteiger partial charge on any atom is 0.298 e. The molecule has 0 fully saturated rings. The van der Waals surface area contributed by atoms with Gasteiger partial charge in [0, 0.05) is 6.20 Å². The molecule has 0 amide bonds. The molecule has 2 heterocycles. The summed E-state index contributed by atoms with van der Waals surface area (Å²) in [5, 5.41) is 8.79. The zero-order valence-electron chi connectivity index (χ0n) is 13.0. The monoisotopic (exact) mass is 297 g/mol. The molecule has 2 aromatic rings. The molecule has 5 heteroatoms. The molecule has 0 saturated carbocycles. The summed E-state index contributed by atoms with van der Waals surface area (Å²) in [6, 6.07) is 10.7. The Hall–Kier alpha value is -2.48. The number of rotatable bonds is 3. The van der Waals surface area contributed by atoms with Crippen molar-refractivity contribution in [1.82, 2.24) is 9.55 Å². The molecule has 0 spiro atoms. The number of fused-ring (bicyclic) bond motifs is 1. The zero-order chi connectivity index (χ0) is 15.7. The summed E-state index contributed by atoms with van der Waals surface area (Å²) < 4.78 is 13.3. The van der Waals surface area contributed by atoms with Crippen molar-refractivity contribution >= 4 is 0 Å². The minimum atomic E-state index is -0.0717. The van der Waals surface area contributed by atoms with Gasteiger partial charge in [-0.1, -0.05) is 32.9 Å². The van der Waals surface area contributed by atoms with Gasteiger partial charge in [-0.15, -0.1) is 0 Å². The molecule has 22 heavy (non-hydrogen) atoms. The van der Waals surface area contributed by atoms with Crippen molar-refractivity contribution < 1.29 is 9.47 Å². The smallest absolute Gasteiger partial charge is 0.298 e. The van der Waals surface area contributed by atoms with Crippen LogP contribution in [0.1, 0.15) is 32.0 Å². The number of hydrogen-bond acceptors (Lipinski definition) is 4. The molecule has 1 aromatic carbocycles. The third kappa shape index (κ3) is 2.91. The van der Waals surface area contributed by atoms with Crippen LogP contribution in [0.3, 0.4) is 0 Å². The molecule has 1 aliphatic heterocycles. The molecular formula is C17H19N3O2. The van der Waals surface area contributed by atoms with Crippen LogP contribution in [0.5, 0.6) is 11.8 Å². The summed E-state index contributed by atoms with van der Waals surface area (Å²) in [5.74, 6) is 0.832. The Morgan fingerprint density at radius 1 is 1.36 bits per heavy atom. The van der Waals surface area contributed by atoms with Crippen LogP contribution < -0.4 is 9.47 Å². The highest BCUT2D eigenvalue weighted by atomic mass is 16.6. The van der Waals surface area contributed by atoms with E-state index in [9.17, 15) is 0 Å². The average Bonchev–Trinajstić information content (AvgIpc) is 3.02. The van der Waals surface area contributed by atoms with Gasteiger partial charge in [-0.05, 0) is 23.1 Å². The molecule has 1 aliphatic rings. The second-order valence-electron chi connectivity index (χ2n) is 6.50. The number of benzene rings is 1. The summed E-state index contributed by atoms with van der Waals surface area (Å²) in [6.45, 7) is 7.68. The Morgan fingerprint density at radius 3 is 2.68 bits per heavy atom. The minimum absolute atomic E-state index is 0.0717. The highest BCUT2D eigenvalue weighted by Gasteiger charge is 2.25. The lowest BCUT2D eigenvalue weighted by molar-refractivity contribution is 0.143. The van der Waals surface area contributed by atoms with Gasteiger partial charge in [0.15, 0.2) is 11.8 Å². The van der Waals surface area contributed by atoms with Gasteiger partial charge < -0.3 is 9.47 Å². The fourth-order valence-electron chi connectivity index (χ4n) is 2.41. The Labute approximate surface area is 130 Å².